The zero-order valence-electron chi connectivity index (χ0n) is 18.5. The normalized spacial score (nSPS) is 15.8. The lowest BCUT2D eigenvalue weighted by molar-refractivity contribution is -0.382. The van der Waals surface area contributed by atoms with Crippen LogP contribution in [0.15, 0.2) is 42.5 Å². The molecule has 0 unspecified atom stereocenters. The van der Waals surface area contributed by atoms with Gasteiger partial charge in [-0.3, -0.25) is 0 Å². The predicted octanol–water partition coefficient (Wildman–Crippen LogP) is 6.81. The Morgan fingerprint density at radius 1 is 0.811 bits per heavy atom. The molecule has 0 aromatic heterocycles. The minimum atomic E-state index is -7.48. The van der Waals surface area contributed by atoms with Crippen LogP contribution in [-0.2, 0) is 20.7 Å². The summed E-state index contributed by atoms with van der Waals surface area (Å²) in [6.45, 7) is 0. The lowest BCUT2D eigenvalue weighted by atomic mass is 9.98. The summed E-state index contributed by atoms with van der Waals surface area (Å²) in [5, 5.41) is -7.08. The second-order valence-electron chi connectivity index (χ2n) is 7.86. The zero-order chi connectivity index (χ0) is 28.0. The molecule has 1 aliphatic rings. The van der Waals surface area contributed by atoms with E-state index in [0.717, 1.165) is 18.2 Å². The third-order valence-electron chi connectivity index (χ3n) is 5.53. The lowest BCUT2D eigenvalue weighted by Crippen LogP contribution is -2.63. The minimum Gasteiger partial charge on any atom is -0.497 e. The van der Waals surface area contributed by atoms with Crippen LogP contribution in [0.25, 0.3) is 11.3 Å². The van der Waals surface area contributed by atoms with Crippen LogP contribution in [0.4, 0.5) is 43.9 Å². The number of alkyl halides is 9. The lowest BCUT2D eigenvalue weighted by Gasteiger charge is -2.33. The van der Waals surface area contributed by atoms with Crippen LogP contribution in [0.2, 0.25) is 0 Å². The fourth-order valence-electron chi connectivity index (χ4n) is 3.60. The predicted molar refractivity (Wildman–Crippen MR) is 110 cm³/mol. The van der Waals surface area contributed by atoms with E-state index < -0.39 is 56.1 Å². The summed E-state index contributed by atoms with van der Waals surface area (Å²) in [6.07, 6.45) is -7.30. The van der Waals surface area contributed by atoms with Crippen molar-refractivity contribution < 1.29 is 61.2 Å². The first-order chi connectivity index (χ1) is 16.9. The number of rotatable bonds is 7. The second kappa shape index (κ2) is 9.40. The summed E-state index contributed by atoms with van der Waals surface area (Å²) in [5.74, 6) is -16.9. The van der Waals surface area contributed by atoms with Crippen molar-refractivity contribution in [3.8, 4) is 5.75 Å². The maximum Gasteiger partial charge on any atom is 0.460 e. The molecule has 0 saturated carbocycles. The van der Waals surface area contributed by atoms with Crippen molar-refractivity contribution in [2.24, 2.45) is 0 Å². The molecule has 0 aliphatic heterocycles. The van der Waals surface area contributed by atoms with Gasteiger partial charge in [0.05, 0.1) is 7.11 Å². The van der Waals surface area contributed by atoms with Crippen LogP contribution >= 0.6 is 0 Å². The SMILES string of the molecule is COc1ccc2c(c1)CCCC(c1ccccc1F)=C2OS(=O)(=O)C(F)(F)C(F)(F)C(F)(F)C(F)(F)F. The largest absolute Gasteiger partial charge is 0.497 e. The summed E-state index contributed by atoms with van der Waals surface area (Å²) >= 11 is 0. The first-order valence-electron chi connectivity index (χ1n) is 10.2. The smallest absolute Gasteiger partial charge is 0.460 e. The number of methoxy groups -OCH3 is 1. The molecule has 0 N–H and O–H groups in total. The molecule has 0 saturated heterocycles. The van der Waals surface area contributed by atoms with Crippen molar-refractivity contribution in [2.75, 3.05) is 7.11 Å². The first kappa shape index (κ1) is 28.6. The van der Waals surface area contributed by atoms with Gasteiger partial charge in [0, 0.05) is 16.7 Å². The Kier molecular flexibility index (Phi) is 7.27. The van der Waals surface area contributed by atoms with Gasteiger partial charge in [0.2, 0.25) is 0 Å². The molecule has 1 aliphatic carbocycles. The van der Waals surface area contributed by atoms with E-state index in [-0.39, 0.29) is 36.1 Å². The molecule has 0 spiro atoms. The van der Waals surface area contributed by atoms with Gasteiger partial charge >= 0.3 is 33.4 Å². The molecule has 15 heteroatoms. The van der Waals surface area contributed by atoms with E-state index in [0.29, 0.717) is 0 Å². The number of hydrogen-bond donors (Lipinski definition) is 0. The zero-order valence-corrected chi connectivity index (χ0v) is 19.3. The van der Waals surface area contributed by atoms with E-state index in [4.69, 9.17) is 4.74 Å². The van der Waals surface area contributed by atoms with E-state index in [1.165, 1.54) is 31.4 Å². The summed E-state index contributed by atoms with van der Waals surface area (Å²) in [4.78, 5) is 0. The molecule has 0 radical (unpaired) electrons. The van der Waals surface area contributed by atoms with Crippen LogP contribution in [0, 0.1) is 5.82 Å². The molecule has 4 nitrogen and oxygen atoms in total. The molecular formula is C22H16F10O4S. The van der Waals surface area contributed by atoms with E-state index in [1.807, 2.05) is 0 Å². The van der Waals surface area contributed by atoms with Crippen molar-refractivity contribution in [1.82, 2.24) is 0 Å². The van der Waals surface area contributed by atoms with E-state index in [9.17, 15) is 52.3 Å². The highest BCUT2D eigenvalue weighted by Crippen LogP contribution is 2.55. The molecule has 0 amide bonds. The Morgan fingerprint density at radius 2 is 1.43 bits per heavy atom. The Hall–Kier alpha value is -2.97. The monoisotopic (exact) mass is 566 g/mol. The maximum atomic E-state index is 14.6. The number of benzene rings is 2. The van der Waals surface area contributed by atoms with E-state index in [1.54, 1.807) is 0 Å². The molecule has 0 fully saturated rings. The summed E-state index contributed by atoms with van der Waals surface area (Å²) in [7, 11) is -6.01. The summed E-state index contributed by atoms with van der Waals surface area (Å²) in [6, 6.07) is 8.03. The maximum absolute atomic E-state index is 14.6. The van der Waals surface area contributed by atoms with Gasteiger partial charge in [-0.1, -0.05) is 18.2 Å². The van der Waals surface area contributed by atoms with Gasteiger partial charge in [0.1, 0.15) is 11.6 Å². The molecule has 0 bridgehead atoms. The standard InChI is InChI=1S/C22H16F10O4S/c1-35-13-9-10-14-12(11-13)5-4-7-16(15-6-2-3-8-17(15)23)18(14)36-37(33,34)22(31,32)20(26,27)19(24,25)21(28,29)30/h2-3,6,8-11H,4-5,7H2,1H3. The highest BCUT2D eigenvalue weighted by molar-refractivity contribution is 7.88. The van der Waals surface area contributed by atoms with Crippen molar-refractivity contribution in [2.45, 2.75) is 42.5 Å². The minimum absolute atomic E-state index is 0.0933. The third-order valence-corrected chi connectivity index (χ3v) is 6.80. The van der Waals surface area contributed by atoms with Crippen LogP contribution in [0.3, 0.4) is 0 Å². The van der Waals surface area contributed by atoms with Crippen molar-refractivity contribution in [1.29, 1.82) is 0 Å². The fraction of sp³-hybridized carbons (Fsp3) is 0.364. The van der Waals surface area contributed by atoms with Gasteiger partial charge in [0.25, 0.3) is 0 Å². The number of ether oxygens (including phenoxy) is 1. The van der Waals surface area contributed by atoms with Gasteiger partial charge in [-0.15, -0.1) is 0 Å². The van der Waals surface area contributed by atoms with Gasteiger partial charge in [0.15, 0.2) is 5.76 Å². The van der Waals surface area contributed by atoms with Gasteiger partial charge < -0.3 is 8.92 Å². The van der Waals surface area contributed by atoms with Gasteiger partial charge in [-0.25, -0.2) is 4.39 Å². The number of aryl methyl sites for hydroxylation is 1. The Labute approximate surface area is 203 Å². The van der Waals surface area contributed by atoms with Crippen LogP contribution in [0.5, 0.6) is 5.75 Å². The molecular weight excluding hydrogens is 550 g/mol. The molecule has 2 aromatic carbocycles. The van der Waals surface area contributed by atoms with Crippen molar-refractivity contribution >= 4 is 21.5 Å². The number of allylic oxidation sites excluding steroid dienone is 1. The quantitative estimate of drug-likeness (QED) is 0.273. The van der Waals surface area contributed by atoms with Crippen molar-refractivity contribution in [3.63, 3.8) is 0 Å². The van der Waals surface area contributed by atoms with Crippen LogP contribution < -0.4 is 4.74 Å². The number of hydrogen-bond acceptors (Lipinski definition) is 4. The van der Waals surface area contributed by atoms with E-state index >= 15 is 0 Å². The molecule has 37 heavy (non-hydrogen) atoms. The first-order valence-corrected chi connectivity index (χ1v) is 11.6. The topological polar surface area (TPSA) is 52.6 Å². The third kappa shape index (κ3) is 4.73. The number of halogens is 10. The second-order valence-corrected chi connectivity index (χ2v) is 9.45. The van der Waals surface area contributed by atoms with Gasteiger partial charge in [-0.05, 0) is 49.1 Å². The molecule has 204 valence electrons. The van der Waals surface area contributed by atoms with Crippen molar-refractivity contribution in [3.05, 3.63) is 65.0 Å². The van der Waals surface area contributed by atoms with E-state index in [2.05, 4.69) is 4.18 Å². The molecule has 3 rings (SSSR count). The fourth-order valence-corrected chi connectivity index (χ4v) is 4.55. The molecule has 0 heterocycles. The van der Waals surface area contributed by atoms with Gasteiger partial charge in [-0.2, -0.15) is 47.9 Å². The highest BCUT2D eigenvalue weighted by atomic mass is 32.2. The Balaban J connectivity index is 2.26. The average molecular weight is 566 g/mol. The Bertz CT molecular complexity index is 1320. The number of fused-ring (bicyclic) bond motifs is 1. The summed E-state index contributed by atoms with van der Waals surface area (Å²) in [5.41, 5.74) is -0.993. The Morgan fingerprint density at radius 3 is 2.00 bits per heavy atom. The average Bonchev–Trinajstić information content (AvgIpc) is 2.96. The highest BCUT2D eigenvalue weighted by Gasteiger charge is 2.86. The van der Waals surface area contributed by atoms with Crippen LogP contribution in [0.1, 0.15) is 29.5 Å². The molecule has 0 atom stereocenters. The summed E-state index contributed by atoms with van der Waals surface area (Å²) < 4.78 is 169. The van der Waals surface area contributed by atoms with Crippen LogP contribution in [-0.4, -0.2) is 38.8 Å². The molecule has 2 aromatic rings.